The molecular formula is C11H20O4. The predicted octanol–water partition coefficient (Wildman–Crippen LogP) is 1.18. The highest BCUT2D eigenvalue weighted by atomic mass is 16.5. The van der Waals surface area contributed by atoms with Gasteiger partial charge in [0.05, 0.1) is 19.3 Å². The lowest BCUT2D eigenvalue weighted by atomic mass is 10.1. The summed E-state index contributed by atoms with van der Waals surface area (Å²) >= 11 is 0. The van der Waals surface area contributed by atoms with Crippen LogP contribution >= 0.6 is 0 Å². The van der Waals surface area contributed by atoms with Crippen molar-refractivity contribution in [3.63, 3.8) is 0 Å². The van der Waals surface area contributed by atoms with Gasteiger partial charge in [0.15, 0.2) is 5.78 Å². The summed E-state index contributed by atoms with van der Waals surface area (Å²) in [5, 5.41) is 0. The zero-order chi connectivity index (χ0) is 10.9. The van der Waals surface area contributed by atoms with E-state index in [-0.39, 0.29) is 12.4 Å². The molecule has 15 heavy (non-hydrogen) atoms. The smallest absolute Gasteiger partial charge is 0.158 e. The van der Waals surface area contributed by atoms with Crippen molar-refractivity contribution in [3.05, 3.63) is 0 Å². The molecule has 0 amide bonds. The normalized spacial score (nSPS) is 20.7. The van der Waals surface area contributed by atoms with Crippen LogP contribution in [0.3, 0.4) is 0 Å². The molecule has 0 N–H and O–H groups in total. The summed E-state index contributed by atoms with van der Waals surface area (Å²) in [5.41, 5.74) is 0. The van der Waals surface area contributed by atoms with Crippen LogP contribution < -0.4 is 0 Å². The van der Waals surface area contributed by atoms with Crippen LogP contribution in [-0.4, -0.2) is 45.4 Å². The first-order valence-corrected chi connectivity index (χ1v) is 5.53. The van der Waals surface area contributed by atoms with Gasteiger partial charge in [0.1, 0.15) is 6.61 Å². The van der Waals surface area contributed by atoms with Crippen LogP contribution in [0.5, 0.6) is 0 Å². The van der Waals surface area contributed by atoms with E-state index in [1.165, 1.54) is 0 Å². The minimum absolute atomic E-state index is 0.154. The van der Waals surface area contributed by atoms with Crippen molar-refractivity contribution >= 4 is 5.78 Å². The Hall–Kier alpha value is -0.450. The number of Topliss-reactive ketones (excluding diaryl/α,β-unsaturated/α-hetero) is 1. The number of carbonyl (C=O) groups is 1. The van der Waals surface area contributed by atoms with Crippen molar-refractivity contribution in [1.29, 1.82) is 0 Å². The van der Waals surface area contributed by atoms with Crippen LogP contribution in [0.15, 0.2) is 0 Å². The Bertz CT molecular complexity index is 175. The molecule has 0 aromatic rings. The summed E-state index contributed by atoms with van der Waals surface area (Å²) in [6.45, 7) is 2.08. The van der Waals surface area contributed by atoms with Gasteiger partial charge in [0.25, 0.3) is 0 Å². The van der Waals surface area contributed by atoms with E-state index in [9.17, 15) is 4.79 Å². The Kier molecular flexibility index (Phi) is 6.55. The molecule has 0 bridgehead atoms. The highest BCUT2D eigenvalue weighted by Crippen LogP contribution is 2.16. The van der Waals surface area contributed by atoms with Crippen LogP contribution in [-0.2, 0) is 19.0 Å². The van der Waals surface area contributed by atoms with Crippen molar-refractivity contribution < 1.29 is 19.0 Å². The molecule has 0 spiro atoms. The van der Waals surface area contributed by atoms with E-state index in [0.717, 1.165) is 25.9 Å². The molecule has 0 aliphatic carbocycles. The fourth-order valence-electron chi connectivity index (χ4n) is 1.59. The van der Waals surface area contributed by atoms with Crippen molar-refractivity contribution in [2.24, 2.45) is 0 Å². The molecule has 0 aromatic carbocycles. The molecule has 1 fully saturated rings. The Morgan fingerprint density at radius 3 is 3.00 bits per heavy atom. The third kappa shape index (κ3) is 5.87. The SMILES string of the molecule is COCCOCC(=O)CCC1CCCO1. The van der Waals surface area contributed by atoms with E-state index < -0.39 is 0 Å². The van der Waals surface area contributed by atoms with E-state index in [1.54, 1.807) is 7.11 Å². The molecule has 4 nitrogen and oxygen atoms in total. The van der Waals surface area contributed by atoms with Gasteiger partial charge in [-0.3, -0.25) is 4.79 Å². The Morgan fingerprint density at radius 1 is 1.47 bits per heavy atom. The number of ether oxygens (including phenoxy) is 3. The summed E-state index contributed by atoms with van der Waals surface area (Å²) in [6.07, 6.45) is 3.93. The molecule has 0 aromatic heterocycles. The van der Waals surface area contributed by atoms with Crippen LogP contribution in [0.1, 0.15) is 25.7 Å². The quantitative estimate of drug-likeness (QED) is 0.571. The number of rotatable bonds is 8. The average Bonchev–Trinajstić information content (AvgIpc) is 2.74. The van der Waals surface area contributed by atoms with Gasteiger partial charge in [-0.1, -0.05) is 0 Å². The van der Waals surface area contributed by atoms with Gasteiger partial charge < -0.3 is 14.2 Å². The molecule has 0 saturated carbocycles. The fourth-order valence-corrected chi connectivity index (χ4v) is 1.59. The standard InChI is InChI=1S/C11H20O4/c1-13-7-8-14-9-10(12)4-5-11-3-2-6-15-11/h11H,2-9H2,1H3. The first kappa shape index (κ1) is 12.6. The second kappa shape index (κ2) is 7.79. The molecule has 1 aliphatic rings. The number of hydrogen-bond acceptors (Lipinski definition) is 4. The average molecular weight is 216 g/mol. The zero-order valence-electron chi connectivity index (χ0n) is 9.37. The van der Waals surface area contributed by atoms with Crippen molar-refractivity contribution in [2.45, 2.75) is 31.8 Å². The van der Waals surface area contributed by atoms with Crippen LogP contribution in [0.25, 0.3) is 0 Å². The summed E-state index contributed by atoms with van der Waals surface area (Å²) in [4.78, 5) is 11.3. The Labute approximate surface area is 90.9 Å². The maximum atomic E-state index is 11.3. The Morgan fingerprint density at radius 2 is 2.33 bits per heavy atom. The summed E-state index contributed by atoms with van der Waals surface area (Å²) in [7, 11) is 1.61. The van der Waals surface area contributed by atoms with Gasteiger partial charge in [-0.05, 0) is 19.3 Å². The minimum atomic E-state index is 0.154. The van der Waals surface area contributed by atoms with E-state index >= 15 is 0 Å². The van der Waals surface area contributed by atoms with Crippen molar-refractivity contribution in [1.82, 2.24) is 0 Å². The van der Waals surface area contributed by atoms with Gasteiger partial charge in [-0.15, -0.1) is 0 Å². The zero-order valence-corrected chi connectivity index (χ0v) is 9.37. The van der Waals surface area contributed by atoms with Crippen molar-refractivity contribution in [2.75, 3.05) is 33.5 Å². The number of methoxy groups -OCH3 is 1. The lowest BCUT2D eigenvalue weighted by Gasteiger charge is -2.08. The molecule has 1 unspecified atom stereocenters. The van der Waals surface area contributed by atoms with E-state index in [1.807, 2.05) is 0 Å². The number of carbonyl (C=O) groups excluding carboxylic acids is 1. The van der Waals surface area contributed by atoms with Gasteiger partial charge in [-0.2, -0.15) is 0 Å². The van der Waals surface area contributed by atoms with Gasteiger partial charge in [-0.25, -0.2) is 0 Å². The van der Waals surface area contributed by atoms with Gasteiger partial charge in [0.2, 0.25) is 0 Å². The van der Waals surface area contributed by atoms with Gasteiger partial charge in [0, 0.05) is 20.1 Å². The molecule has 1 saturated heterocycles. The highest BCUT2D eigenvalue weighted by Gasteiger charge is 2.16. The maximum Gasteiger partial charge on any atom is 0.158 e. The summed E-state index contributed by atoms with van der Waals surface area (Å²) in [6, 6.07) is 0. The van der Waals surface area contributed by atoms with E-state index in [0.29, 0.717) is 25.7 Å². The molecule has 0 radical (unpaired) electrons. The molecule has 1 heterocycles. The molecular weight excluding hydrogens is 196 g/mol. The Balaban J connectivity index is 1.93. The number of ketones is 1. The van der Waals surface area contributed by atoms with Crippen molar-refractivity contribution in [3.8, 4) is 0 Å². The largest absolute Gasteiger partial charge is 0.382 e. The van der Waals surface area contributed by atoms with Gasteiger partial charge >= 0.3 is 0 Å². The maximum absolute atomic E-state index is 11.3. The fraction of sp³-hybridized carbons (Fsp3) is 0.909. The molecule has 4 heteroatoms. The van der Waals surface area contributed by atoms with E-state index in [4.69, 9.17) is 14.2 Å². The first-order valence-electron chi connectivity index (χ1n) is 5.53. The first-order chi connectivity index (χ1) is 7.33. The monoisotopic (exact) mass is 216 g/mol. The van der Waals surface area contributed by atoms with Crippen LogP contribution in [0, 0.1) is 0 Å². The third-order valence-corrected chi connectivity index (χ3v) is 2.46. The van der Waals surface area contributed by atoms with Crippen LogP contribution in [0.2, 0.25) is 0 Å². The molecule has 1 rings (SSSR count). The third-order valence-electron chi connectivity index (χ3n) is 2.46. The van der Waals surface area contributed by atoms with Crippen LogP contribution in [0.4, 0.5) is 0 Å². The second-order valence-electron chi connectivity index (χ2n) is 3.76. The topological polar surface area (TPSA) is 44.8 Å². The lowest BCUT2D eigenvalue weighted by Crippen LogP contribution is -2.14. The minimum Gasteiger partial charge on any atom is -0.382 e. The highest BCUT2D eigenvalue weighted by molar-refractivity contribution is 5.79. The van der Waals surface area contributed by atoms with E-state index in [2.05, 4.69) is 0 Å². The second-order valence-corrected chi connectivity index (χ2v) is 3.76. The number of hydrogen-bond donors (Lipinski definition) is 0. The molecule has 1 atom stereocenters. The summed E-state index contributed by atoms with van der Waals surface area (Å²) in [5.74, 6) is 0.154. The molecule has 88 valence electrons. The predicted molar refractivity (Wildman–Crippen MR) is 55.9 cm³/mol. The lowest BCUT2D eigenvalue weighted by molar-refractivity contribution is -0.124. The molecule has 1 aliphatic heterocycles. The summed E-state index contributed by atoms with van der Waals surface area (Å²) < 4.78 is 15.4.